The molecule has 1 atom stereocenters. The Kier molecular flexibility index (Phi) is 3.82. The number of rotatable bonds is 2. The zero-order valence-electron chi connectivity index (χ0n) is 6.43. The monoisotopic (exact) mass is 166 g/mol. The Bertz CT molecular complexity index is 104. The van der Waals surface area contributed by atoms with Crippen LogP contribution in [-0.2, 0) is 9.83 Å². The molecule has 0 aromatic carbocycles. The van der Waals surface area contributed by atoms with Crippen LogP contribution >= 0.6 is 10.8 Å². The average molecular weight is 166 g/mol. The van der Waals surface area contributed by atoms with E-state index in [9.17, 15) is 4.21 Å². The van der Waals surface area contributed by atoms with Gasteiger partial charge >= 0.3 is 0 Å². The highest BCUT2D eigenvalue weighted by molar-refractivity contribution is 8.69. The maximum absolute atomic E-state index is 11.1. The first-order chi connectivity index (χ1) is 3.98. The van der Waals surface area contributed by atoms with Gasteiger partial charge in [0.1, 0.15) is 0 Å². The predicted molar refractivity (Wildman–Crippen MR) is 46.0 cm³/mol. The summed E-state index contributed by atoms with van der Waals surface area (Å²) in [5.74, 6) is 0.934. The Morgan fingerprint density at radius 1 is 1.44 bits per heavy atom. The van der Waals surface area contributed by atoms with Crippen LogP contribution in [0.3, 0.4) is 0 Å². The molecule has 0 aliphatic rings. The third kappa shape index (κ3) is 3.98. The molecule has 0 radical (unpaired) electrons. The Hall–Kier alpha value is 0.500. The van der Waals surface area contributed by atoms with E-state index in [4.69, 9.17) is 0 Å². The Labute approximate surface area is 63.5 Å². The largest absolute Gasteiger partial charge is 0.247 e. The van der Waals surface area contributed by atoms with E-state index in [1.807, 2.05) is 27.7 Å². The van der Waals surface area contributed by atoms with Crippen molar-refractivity contribution < 1.29 is 4.21 Å². The van der Waals surface area contributed by atoms with Crippen molar-refractivity contribution in [2.45, 2.75) is 32.4 Å². The minimum absolute atomic E-state index is 0.0549. The zero-order valence-corrected chi connectivity index (χ0v) is 8.06. The maximum Gasteiger partial charge on any atom is 0.0857 e. The van der Waals surface area contributed by atoms with Gasteiger partial charge in [0.2, 0.25) is 0 Å². The first-order valence-electron chi connectivity index (χ1n) is 3.03. The lowest BCUT2D eigenvalue weighted by Crippen LogP contribution is -2.18. The molecule has 0 saturated heterocycles. The van der Waals surface area contributed by atoms with Crippen LogP contribution in [-0.4, -0.2) is 14.7 Å². The molecule has 0 spiro atoms. The summed E-state index contributed by atoms with van der Waals surface area (Å²) in [5, 5.41) is 0. The van der Waals surface area contributed by atoms with Crippen LogP contribution in [0.25, 0.3) is 0 Å². The fourth-order valence-corrected chi connectivity index (χ4v) is 2.55. The summed E-state index contributed by atoms with van der Waals surface area (Å²) in [6.07, 6.45) is 0. The SMILES string of the molecule is CCSS(=O)C(C)(C)C. The second-order valence-corrected chi connectivity index (χ2v) is 6.88. The topological polar surface area (TPSA) is 17.1 Å². The van der Waals surface area contributed by atoms with Crippen LogP contribution in [0.1, 0.15) is 27.7 Å². The molecule has 56 valence electrons. The van der Waals surface area contributed by atoms with Crippen LogP contribution in [0, 0.1) is 0 Å². The molecule has 0 saturated carbocycles. The summed E-state index contributed by atoms with van der Waals surface area (Å²) >= 11 is 0. The lowest BCUT2D eigenvalue weighted by Gasteiger charge is -2.15. The van der Waals surface area contributed by atoms with E-state index in [1.165, 1.54) is 10.8 Å². The molecule has 0 heterocycles. The molecule has 0 bridgehead atoms. The van der Waals surface area contributed by atoms with E-state index in [1.54, 1.807) is 0 Å². The number of hydrogen-bond acceptors (Lipinski definition) is 2. The van der Waals surface area contributed by atoms with E-state index in [0.29, 0.717) is 0 Å². The van der Waals surface area contributed by atoms with E-state index < -0.39 is 9.83 Å². The van der Waals surface area contributed by atoms with Crippen molar-refractivity contribution in [1.82, 2.24) is 0 Å². The predicted octanol–water partition coefficient (Wildman–Crippen LogP) is 2.20. The highest BCUT2D eigenvalue weighted by atomic mass is 33.1. The average Bonchev–Trinajstić information content (AvgIpc) is 1.64. The Morgan fingerprint density at radius 3 is 2.00 bits per heavy atom. The smallest absolute Gasteiger partial charge is 0.0857 e. The Balaban J connectivity index is 3.74. The molecule has 1 unspecified atom stereocenters. The standard InChI is InChI=1S/C6H14OS2/c1-5-8-9(7)6(2,3)4/h5H2,1-4H3. The van der Waals surface area contributed by atoms with Gasteiger partial charge in [-0.1, -0.05) is 17.7 Å². The first-order valence-corrected chi connectivity index (χ1v) is 5.69. The van der Waals surface area contributed by atoms with Crippen LogP contribution in [0.4, 0.5) is 0 Å². The molecule has 0 rings (SSSR count). The summed E-state index contributed by atoms with van der Waals surface area (Å²) < 4.78 is 11.1. The maximum atomic E-state index is 11.1. The molecule has 0 fully saturated rings. The van der Waals surface area contributed by atoms with Crippen LogP contribution in [0.2, 0.25) is 0 Å². The molecule has 1 nitrogen and oxygen atoms in total. The second-order valence-electron chi connectivity index (χ2n) is 2.75. The molecular weight excluding hydrogens is 152 g/mol. The summed E-state index contributed by atoms with van der Waals surface area (Å²) in [5.41, 5.74) is 0. The van der Waals surface area contributed by atoms with Crippen molar-refractivity contribution in [3.8, 4) is 0 Å². The Morgan fingerprint density at radius 2 is 1.89 bits per heavy atom. The van der Waals surface area contributed by atoms with Gasteiger partial charge in [-0.05, 0) is 20.8 Å². The summed E-state index contributed by atoms with van der Waals surface area (Å²) in [7, 11) is 0.790. The molecule has 0 aliphatic carbocycles. The molecule has 0 N–H and O–H groups in total. The summed E-state index contributed by atoms with van der Waals surface area (Å²) in [4.78, 5) is 0. The quantitative estimate of drug-likeness (QED) is 0.585. The fourth-order valence-electron chi connectivity index (χ4n) is 0.284. The lowest BCUT2D eigenvalue weighted by atomic mass is 10.3. The third-order valence-electron chi connectivity index (χ3n) is 0.725. The second kappa shape index (κ2) is 3.62. The minimum Gasteiger partial charge on any atom is -0.247 e. The van der Waals surface area contributed by atoms with Gasteiger partial charge in [-0.15, -0.1) is 0 Å². The normalized spacial score (nSPS) is 15.6. The molecule has 0 amide bonds. The molecular formula is C6H14OS2. The van der Waals surface area contributed by atoms with Gasteiger partial charge in [-0.2, -0.15) is 0 Å². The van der Waals surface area contributed by atoms with E-state index >= 15 is 0 Å². The minimum atomic E-state index is -0.721. The van der Waals surface area contributed by atoms with Crippen molar-refractivity contribution in [3.05, 3.63) is 0 Å². The van der Waals surface area contributed by atoms with Crippen molar-refractivity contribution >= 4 is 20.6 Å². The van der Waals surface area contributed by atoms with Gasteiger partial charge in [-0.25, -0.2) is 4.21 Å². The highest BCUT2D eigenvalue weighted by Gasteiger charge is 2.18. The van der Waals surface area contributed by atoms with Gasteiger partial charge in [-0.3, -0.25) is 0 Å². The van der Waals surface area contributed by atoms with Gasteiger partial charge in [0.25, 0.3) is 0 Å². The molecule has 0 aromatic rings. The van der Waals surface area contributed by atoms with Crippen molar-refractivity contribution in [2.75, 3.05) is 5.75 Å². The van der Waals surface area contributed by atoms with Gasteiger partial charge < -0.3 is 0 Å². The highest BCUT2D eigenvalue weighted by Crippen LogP contribution is 2.21. The van der Waals surface area contributed by atoms with Gasteiger partial charge in [0, 0.05) is 10.5 Å². The summed E-state index contributed by atoms with van der Waals surface area (Å²) in [6.45, 7) is 8.00. The van der Waals surface area contributed by atoms with Gasteiger partial charge in [0.05, 0.1) is 9.83 Å². The summed E-state index contributed by atoms with van der Waals surface area (Å²) in [6, 6.07) is 0. The van der Waals surface area contributed by atoms with E-state index in [2.05, 4.69) is 0 Å². The van der Waals surface area contributed by atoms with E-state index in [-0.39, 0.29) is 4.75 Å². The van der Waals surface area contributed by atoms with Crippen LogP contribution in [0.15, 0.2) is 0 Å². The first kappa shape index (κ1) is 9.50. The third-order valence-corrected chi connectivity index (χ3v) is 5.02. The van der Waals surface area contributed by atoms with E-state index in [0.717, 1.165) is 5.75 Å². The molecule has 9 heavy (non-hydrogen) atoms. The van der Waals surface area contributed by atoms with Crippen molar-refractivity contribution in [3.63, 3.8) is 0 Å². The van der Waals surface area contributed by atoms with Gasteiger partial charge in [0.15, 0.2) is 0 Å². The number of hydrogen-bond donors (Lipinski definition) is 0. The van der Waals surface area contributed by atoms with Crippen LogP contribution in [0.5, 0.6) is 0 Å². The lowest BCUT2D eigenvalue weighted by molar-refractivity contribution is 0.661. The molecule has 3 heteroatoms. The van der Waals surface area contributed by atoms with Crippen LogP contribution < -0.4 is 0 Å². The molecule has 0 aliphatic heterocycles. The zero-order chi connectivity index (χ0) is 7.49. The fraction of sp³-hybridized carbons (Fsp3) is 1.00. The van der Waals surface area contributed by atoms with Crippen molar-refractivity contribution in [1.29, 1.82) is 0 Å². The molecule has 0 aromatic heterocycles. The van der Waals surface area contributed by atoms with Crippen molar-refractivity contribution in [2.24, 2.45) is 0 Å².